The summed E-state index contributed by atoms with van der Waals surface area (Å²) in [6.07, 6.45) is 10.8. The van der Waals surface area contributed by atoms with Crippen molar-refractivity contribution in [2.24, 2.45) is 11.8 Å². The van der Waals surface area contributed by atoms with Crippen LogP contribution in [0.25, 0.3) is 22.2 Å². The van der Waals surface area contributed by atoms with E-state index in [1.54, 1.807) is 12.3 Å². The zero-order chi connectivity index (χ0) is 26.7. The third-order valence-electron chi connectivity index (χ3n) is 7.85. The molecule has 0 amide bonds. The quantitative estimate of drug-likeness (QED) is 0.369. The summed E-state index contributed by atoms with van der Waals surface area (Å²) in [5.74, 6) is 1.18. The fourth-order valence-electron chi connectivity index (χ4n) is 5.49. The summed E-state index contributed by atoms with van der Waals surface area (Å²) in [6.45, 7) is 7.19. The molecule has 38 heavy (non-hydrogen) atoms. The Hall–Kier alpha value is -2.56. The zero-order valence-corrected chi connectivity index (χ0v) is 23.1. The highest BCUT2D eigenvalue weighted by Crippen LogP contribution is 2.35. The SMILES string of the molecule is CCCCNc1ncc2c(-c3ccc(S(=O)(=O)N4CCOCC4)c(F)c3)cn(C[C@H]3CC[C@H](C)CC3)c2n1. The monoisotopic (exact) mass is 543 g/mol. The molecule has 2 aromatic heterocycles. The molecule has 1 saturated heterocycles. The van der Waals surface area contributed by atoms with E-state index in [0.29, 0.717) is 30.6 Å². The van der Waals surface area contributed by atoms with Crippen LogP contribution in [0.5, 0.6) is 0 Å². The first-order valence-electron chi connectivity index (χ1n) is 13.8. The Kier molecular flexibility index (Phi) is 8.30. The molecular formula is C28H38FN5O3S. The van der Waals surface area contributed by atoms with Crippen LogP contribution < -0.4 is 5.32 Å². The van der Waals surface area contributed by atoms with Crippen molar-refractivity contribution < 1.29 is 17.5 Å². The molecule has 0 atom stereocenters. The van der Waals surface area contributed by atoms with Crippen molar-refractivity contribution in [3.63, 3.8) is 0 Å². The summed E-state index contributed by atoms with van der Waals surface area (Å²) in [5, 5.41) is 4.14. The molecule has 0 bridgehead atoms. The maximum absolute atomic E-state index is 15.4. The van der Waals surface area contributed by atoms with E-state index in [2.05, 4.69) is 28.7 Å². The number of aromatic nitrogens is 3. The lowest BCUT2D eigenvalue weighted by molar-refractivity contribution is 0.0729. The van der Waals surface area contributed by atoms with Gasteiger partial charge in [-0.1, -0.05) is 39.2 Å². The Labute approximate surface area is 224 Å². The van der Waals surface area contributed by atoms with Crippen molar-refractivity contribution in [3.05, 3.63) is 36.4 Å². The van der Waals surface area contributed by atoms with Crippen molar-refractivity contribution in [2.75, 3.05) is 38.2 Å². The number of hydrogen-bond donors (Lipinski definition) is 1. The van der Waals surface area contributed by atoms with Crippen molar-refractivity contribution in [2.45, 2.75) is 63.8 Å². The van der Waals surface area contributed by atoms with Gasteiger partial charge in [0.05, 0.1) is 13.2 Å². The highest BCUT2D eigenvalue weighted by atomic mass is 32.2. The van der Waals surface area contributed by atoms with Crippen LogP contribution in [-0.4, -0.2) is 60.1 Å². The van der Waals surface area contributed by atoms with Crippen LogP contribution in [-0.2, 0) is 21.3 Å². The lowest BCUT2D eigenvalue weighted by Crippen LogP contribution is -2.40. The Balaban J connectivity index is 1.49. The number of nitrogens with one attached hydrogen (secondary N) is 1. The number of halogens is 1. The summed E-state index contributed by atoms with van der Waals surface area (Å²) in [7, 11) is -3.93. The molecule has 5 rings (SSSR count). The van der Waals surface area contributed by atoms with Crippen LogP contribution in [0, 0.1) is 17.7 Å². The molecule has 0 spiro atoms. The van der Waals surface area contributed by atoms with Gasteiger partial charge in [-0.25, -0.2) is 17.8 Å². The van der Waals surface area contributed by atoms with Crippen LogP contribution in [0.15, 0.2) is 35.5 Å². The molecule has 3 aromatic rings. The number of sulfonamides is 1. The van der Waals surface area contributed by atoms with Gasteiger partial charge in [-0.15, -0.1) is 0 Å². The molecule has 2 fully saturated rings. The molecular weight excluding hydrogens is 505 g/mol. The fourth-order valence-corrected chi connectivity index (χ4v) is 6.95. The minimum absolute atomic E-state index is 0.225. The van der Waals surface area contributed by atoms with E-state index in [1.165, 1.54) is 42.1 Å². The minimum atomic E-state index is -3.93. The zero-order valence-electron chi connectivity index (χ0n) is 22.3. The molecule has 1 aromatic carbocycles. The van der Waals surface area contributed by atoms with Gasteiger partial charge in [0, 0.05) is 49.5 Å². The van der Waals surface area contributed by atoms with E-state index in [9.17, 15) is 8.42 Å². The maximum atomic E-state index is 15.4. The van der Waals surface area contributed by atoms with Gasteiger partial charge in [0.2, 0.25) is 16.0 Å². The predicted molar refractivity (Wildman–Crippen MR) is 147 cm³/mol. The number of anilines is 1. The topological polar surface area (TPSA) is 89.4 Å². The molecule has 1 aliphatic carbocycles. The first-order valence-corrected chi connectivity index (χ1v) is 15.3. The van der Waals surface area contributed by atoms with Crippen LogP contribution in [0.4, 0.5) is 10.3 Å². The summed E-state index contributed by atoms with van der Waals surface area (Å²) in [5.41, 5.74) is 2.23. The molecule has 0 unspecified atom stereocenters. The van der Waals surface area contributed by atoms with Gasteiger partial charge in [-0.2, -0.15) is 9.29 Å². The number of unbranched alkanes of at least 4 members (excludes halogenated alkanes) is 1. The number of fused-ring (bicyclic) bond motifs is 1. The fraction of sp³-hybridized carbons (Fsp3) is 0.571. The van der Waals surface area contributed by atoms with Gasteiger partial charge in [-0.3, -0.25) is 0 Å². The second-order valence-corrected chi connectivity index (χ2v) is 12.6. The van der Waals surface area contributed by atoms with Crippen LogP contribution in [0.2, 0.25) is 0 Å². The largest absolute Gasteiger partial charge is 0.379 e. The average molecular weight is 544 g/mol. The second-order valence-electron chi connectivity index (χ2n) is 10.7. The van der Waals surface area contributed by atoms with Crippen LogP contribution >= 0.6 is 0 Å². The molecule has 206 valence electrons. The molecule has 1 N–H and O–H groups in total. The van der Waals surface area contributed by atoms with Gasteiger partial charge >= 0.3 is 0 Å². The smallest absolute Gasteiger partial charge is 0.246 e. The Morgan fingerprint density at radius 1 is 1.16 bits per heavy atom. The lowest BCUT2D eigenvalue weighted by atomic mass is 9.83. The molecule has 1 aliphatic heterocycles. The van der Waals surface area contributed by atoms with Gasteiger partial charge in [0.15, 0.2) is 0 Å². The molecule has 1 saturated carbocycles. The molecule has 10 heteroatoms. The highest BCUT2D eigenvalue weighted by molar-refractivity contribution is 7.89. The maximum Gasteiger partial charge on any atom is 0.246 e. The second kappa shape index (κ2) is 11.7. The van der Waals surface area contributed by atoms with E-state index in [0.717, 1.165) is 48.4 Å². The minimum Gasteiger partial charge on any atom is -0.379 e. The average Bonchev–Trinajstić information content (AvgIpc) is 3.28. The number of benzene rings is 1. The molecule has 8 nitrogen and oxygen atoms in total. The van der Waals surface area contributed by atoms with Crippen LogP contribution in [0.1, 0.15) is 52.4 Å². The Morgan fingerprint density at radius 2 is 1.92 bits per heavy atom. The Bertz CT molecular complexity index is 1360. The first-order chi connectivity index (χ1) is 18.4. The number of rotatable bonds is 9. The summed E-state index contributed by atoms with van der Waals surface area (Å²) in [6, 6.07) is 4.38. The van der Waals surface area contributed by atoms with Gasteiger partial charge in [0.1, 0.15) is 16.4 Å². The Morgan fingerprint density at radius 3 is 2.63 bits per heavy atom. The van der Waals surface area contributed by atoms with Gasteiger partial charge < -0.3 is 14.6 Å². The number of ether oxygens (including phenoxy) is 1. The third-order valence-corrected chi connectivity index (χ3v) is 9.78. The summed E-state index contributed by atoms with van der Waals surface area (Å²) >= 11 is 0. The third kappa shape index (κ3) is 5.72. The van der Waals surface area contributed by atoms with E-state index in [4.69, 9.17) is 9.72 Å². The van der Waals surface area contributed by atoms with E-state index >= 15 is 4.39 Å². The van der Waals surface area contributed by atoms with Gasteiger partial charge in [-0.05, 0) is 48.8 Å². The van der Waals surface area contributed by atoms with E-state index in [1.807, 2.05) is 6.20 Å². The van der Waals surface area contributed by atoms with E-state index < -0.39 is 15.8 Å². The van der Waals surface area contributed by atoms with Crippen molar-refractivity contribution in [1.82, 2.24) is 18.8 Å². The van der Waals surface area contributed by atoms with Crippen molar-refractivity contribution >= 4 is 27.0 Å². The first kappa shape index (κ1) is 27.0. The lowest BCUT2D eigenvalue weighted by Gasteiger charge is -2.26. The summed E-state index contributed by atoms with van der Waals surface area (Å²) < 4.78 is 50.2. The van der Waals surface area contributed by atoms with Crippen LogP contribution in [0.3, 0.4) is 0 Å². The molecule has 0 radical (unpaired) electrons. The number of hydrogen-bond acceptors (Lipinski definition) is 6. The normalized spacial score (nSPS) is 21.1. The standard InChI is InChI=1S/C28H38FN5O3S/c1-3-4-11-30-28-31-17-23-24(19-33(27(23)32-28)18-21-7-5-20(2)6-8-21)22-9-10-26(25(29)16-22)38(35,36)34-12-14-37-15-13-34/h9-10,16-17,19-21H,3-8,11-15,18H2,1-2H3,(H,30,31,32)/t20-,21-. The number of nitrogens with zero attached hydrogens (tertiary/aromatic N) is 4. The number of morpholine rings is 1. The summed E-state index contributed by atoms with van der Waals surface area (Å²) in [4.78, 5) is 9.07. The highest BCUT2D eigenvalue weighted by Gasteiger charge is 2.29. The van der Waals surface area contributed by atoms with E-state index in [-0.39, 0.29) is 18.0 Å². The molecule has 2 aliphatic rings. The van der Waals surface area contributed by atoms with Crippen molar-refractivity contribution in [3.8, 4) is 11.1 Å². The predicted octanol–water partition coefficient (Wildman–Crippen LogP) is 5.30. The van der Waals surface area contributed by atoms with Crippen molar-refractivity contribution in [1.29, 1.82) is 0 Å². The molecule has 3 heterocycles. The van der Waals surface area contributed by atoms with Gasteiger partial charge in [0.25, 0.3) is 0 Å².